The molecule has 0 amide bonds. The van der Waals surface area contributed by atoms with E-state index in [0.29, 0.717) is 23.3 Å². The molecule has 0 bridgehead atoms. The lowest BCUT2D eigenvalue weighted by Gasteiger charge is -2.13. The average Bonchev–Trinajstić information content (AvgIpc) is 2.26. The van der Waals surface area contributed by atoms with Gasteiger partial charge in [0.05, 0.1) is 13.2 Å². The molecule has 0 radical (unpaired) electrons. The smallest absolute Gasteiger partial charge is 0.179 e. The van der Waals surface area contributed by atoms with Crippen LogP contribution in [0, 0.1) is 5.82 Å². The number of Topliss-reactive ketones (excluding diaryl/α,β-unsaturated/α-hetero) is 1. The largest absolute Gasteiger partial charge is 0.496 e. The van der Waals surface area contributed by atoms with Crippen molar-refractivity contribution in [3.63, 3.8) is 0 Å². The molecular formula is C12H16FNO2. The zero-order valence-corrected chi connectivity index (χ0v) is 9.71. The van der Waals surface area contributed by atoms with Crippen LogP contribution in [0.2, 0.25) is 0 Å². The summed E-state index contributed by atoms with van der Waals surface area (Å²) in [5.74, 6) is -0.362. The minimum atomic E-state index is -0.642. The fourth-order valence-corrected chi connectivity index (χ4v) is 1.62. The predicted molar refractivity (Wildman–Crippen MR) is 60.3 cm³/mol. The quantitative estimate of drug-likeness (QED) is 0.796. The van der Waals surface area contributed by atoms with Crippen molar-refractivity contribution in [1.29, 1.82) is 0 Å². The monoisotopic (exact) mass is 225 g/mol. The van der Waals surface area contributed by atoms with Gasteiger partial charge in [-0.2, -0.15) is 0 Å². The van der Waals surface area contributed by atoms with E-state index in [1.54, 1.807) is 6.92 Å². The molecule has 1 atom stereocenters. The molecule has 0 fully saturated rings. The van der Waals surface area contributed by atoms with Crippen LogP contribution in [-0.2, 0) is 6.42 Å². The Bertz CT molecular complexity index is 402. The van der Waals surface area contributed by atoms with Gasteiger partial charge >= 0.3 is 0 Å². The van der Waals surface area contributed by atoms with Crippen LogP contribution in [-0.4, -0.2) is 18.9 Å². The van der Waals surface area contributed by atoms with Crippen molar-refractivity contribution >= 4 is 5.78 Å². The molecule has 1 aromatic carbocycles. The minimum absolute atomic E-state index is 0.269. The van der Waals surface area contributed by atoms with Crippen molar-refractivity contribution in [1.82, 2.24) is 0 Å². The second-order valence-corrected chi connectivity index (χ2v) is 3.64. The third-order valence-corrected chi connectivity index (χ3v) is 2.43. The molecule has 0 aliphatic rings. The minimum Gasteiger partial charge on any atom is -0.496 e. The van der Waals surface area contributed by atoms with Gasteiger partial charge in [-0.15, -0.1) is 0 Å². The van der Waals surface area contributed by atoms with Gasteiger partial charge in [-0.3, -0.25) is 4.79 Å². The van der Waals surface area contributed by atoms with E-state index in [-0.39, 0.29) is 5.78 Å². The van der Waals surface area contributed by atoms with Crippen molar-refractivity contribution in [2.45, 2.75) is 26.3 Å². The van der Waals surface area contributed by atoms with E-state index < -0.39 is 11.9 Å². The summed E-state index contributed by atoms with van der Waals surface area (Å²) in [6, 6.07) is 1.85. The second-order valence-electron chi connectivity index (χ2n) is 3.64. The average molecular weight is 225 g/mol. The molecule has 0 aliphatic heterocycles. The summed E-state index contributed by atoms with van der Waals surface area (Å²) >= 11 is 0. The van der Waals surface area contributed by atoms with Gasteiger partial charge in [0.15, 0.2) is 5.78 Å². The zero-order valence-electron chi connectivity index (χ0n) is 9.71. The zero-order chi connectivity index (χ0) is 12.3. The summed E-state index contributed by atoms with van der Waals surface area (Å²) in [7, 11) is 1.45. The third kappa shape index (κ3) is 2.39. The number of carbonyl (C=O) groups excluding carboxylic acids is 1. The van der Waals surface area contributed by atoms with Gasteiger partial charge in [0.25, 0.3) is 0 Å². The molecule has 3 nitrogen and oxygen atoms in total. The van der Waals surface area contributed by atoms with Gasteiger partial charge in [0.2, 0.25) is 0 Å². The number of nitrogens with two attached hydrogens (primary N) is 1. The van der Waals surface area contributed by atoms with E-state index in [1.807, 2.05) is 6.92 Å². The number of ketones is 1. The van der Waals surface area contributed by atoms with Crippen LogP contribution in [0.15, 0.2) is 12.1 Å². The molecule has 0 saturated carbocycles. The van der Waals surface area contributed by atoms with Crippen LogP contribution in [0.1, 0.15) is 29.8 Å². The van der Waals surface area contributed by atoms with Crippen LogP contribution in [0.3, 0.4) is 0 Å². The molecule has 0 heterocycles. The van der Waals surface area contributed by atoms with E-state index in [9.17, 15) is 9.18 Å². The number of rotatable bonds is 4. The Morgan fingerprint density at radius 3 is 2.62 bits per heavy atom. The Morgan fingerprint density at radius 1 is 1.56 bits per heavy atom. The summed E-state index contributed by atoms with van der Waals surface area (Å²) in [6.45, 7) is 3.47. The Kier molecular flexibility index (Phi) is 4.01. The lowest BCUT2D eigenvalue weighted by atomic mass is 9.97. The molecule has 0 aliphatic carbocycles. The lowest BCUT2D eigenvalue weighted by molar-refractivity contribution is 0.0966. The highest BCUT2D eigenvalue weighted by Gasteiger charge is 2.18. The van der Waals surface area contributed by atoms with Gasteiger partial charge in [0, 0.05) is 17.2 Å². The first-order valence-corrected chi connectivity index (χ1v) is 5.17. The van der Waals surface area contributed by atoms with Crippen molar-refractivity contribution in [3.05, 3.63) is 29.1 Å². The van der Waals surface area contributed by atoms with Crippen LogP contribution in [0.4, 0.5) is 4.39 Å². The number of hydrogen-bond acceptors (Lipinski definition) is 3. The molecule has 2 N–H and O–H groups in total. The van der Waals surface area contributed by atoms with E-state index in [4.69, 9.17) is 10.5 Å². The molecule has 88 valence electrons. The summed E-state index contributed by atoms with van der Waals surface area (Å²) in [6.07, 6.45) is 0.594. The Hall–Kier alpha value is -1.42. The Balaban J connectivity index is 3.36. The molecule has 0 spiro atoms. The van der Waals surface area contributed by atoms with Crippen molar-refractivity contribution in [3.8, 4) is 5.75 Å². The van der Waals surface area contributed by atoms with Gasteiger partial charge in [-0.25, -0.2) is 4.39 Å². The molecule has 0 aromatic heterocycles. The molecule has 1 rings (SSSR count). The van der Waals surface area contributed by atoms with Gasteiger partial charge in [-0.1, -0.05) is 6.92 Å². The standard InChI is InChI=1S/C12H16FNO2/c1-4-9-10(12(15)7(2)14)5-8(13)6-11(9)16-3/h5-7H,4,14H2,1-3H3. The fraction of sp³-hybridized carbons (Fsp3) is 0.417. The Labute approximate surface area is 94.4 Å². The lowest BCUT2D eigenvalue weighted by Crippen LogP contribution is -2.27. The van der Waals surface area contributed by atoms with E-state index in [0.717, 1.165) is 0 Å². The first-order valence-electron chi connectivity index (χ1n) is 5.17. The molecule has 0 saturated heterocycles. The summed E-state index contributed by atoms with van der Waals surface area (Å²) in [5.41, 5.74) is 6.53. The SMILES string of the molecule is CCc1c(OC)cc(F)cc1C(=O)C(C)N. The maximum absolute atomic E-state index is 13.3. The van der Waals surface area contributed by atoms with E-state index >= 15 is 0 Å². The number of carbonyl (C=O) groups is 1. The van der Waals surface area contributed by atoms with E-state index in [2.05, 4.69) is 0 Å². The highest BCUT2D eigenvalue weighted by Crippen LogP contribution is 2.25. The molecule has 16 heavy (non-hydrogen) atoms. The van der Waals surface area contributed by atoms with Gasteiger partial charge in [0.1, 0.15) is 11.6 Å². The highest BCUT2D eigenvalue weighted by atomic mass is 19.1. The number of benzene rings is 1. The topological polar surface area (TPSA) is 52.3 Å². The number of hydrogen-bond donors (Lipinski definition) is 1. The second kappa shape index (κ2) is 5.07. The third-order valence-electron chi connectivity index (χ3n) is 2.43. The normalized spacial score (nSPS) is 12.3. The maximum Gasteiger partial charge on any atom is 0.179 e. The fourth-order valence-electron chi connectivity index (χ4n) is 1.62. The van der Waals surface area contributed by atoms with Gasteiger partial charge < -0.3 is 10.5 Å². The molecule has 1 aromatic rings. The summed E-state index contributed by atoms with van der Waals surface area (Å²) < 4.78 is 18.3. The number of halogens is 1. The van der Waals surface area contributed by atoms with Gasteiger partial charge in [-0.05, 0) is 19.4 Å². The Morgan fingerprint density at radius 2 is 2.19 bits per heavy atom. The molecule has 1 unspecified atom stereocenters. The molecular weight excluding hydrogens is 209 g/mol. The highest BCUT2D eigenvalue weighted by molar-refractivity contribution is 6.01. The van der Waals surface area contributed by atoms with Crippen molar-refractivity contribution in [2.24, 2.45) is 5.73 Å². The number of methoxy groups -OCH3 is 1. The van der Waals surface area contributed by atoms with Crippen LogP contribution < -0.4 is 10.5 Å². The van der Waals surface area contributed by atoms with Crippen LogP contribution in [0.5, 0.6) is 5.75 Å². The maximum atomic E-state index is 13.3. The van der Waals surface area contributed by atoms with Crippen LogP contribution in [0.25, 0.3) is 0 Å². The van der Waals surface area contributed by atoms with Crippen molar-refractivity contribution < 1.29 is 13.9 Å². The molecule has 4 heteroatoms. The summed E-state index contributed by atoms with van der Waals surface area (Å²) in [4.78, 5) is 11.8. The predicted octanol–water partition coefficient (Wildman–Crippen LogP) is 1.93. The first kappa shape index (κ1) is 12.6. The first-order chi connectivity index (χ1) is 7.51. The number of ether oxygens (including phenoxy) is 1. The van der Waals surface area contributed by atoms with Crippen molar-refractivity contribution in [2.75, 3.05) is 7.11 Å². The summed E-state index contributed by atoms with van der Waals surface area (Å²) in [5, 5.41) is 0. The van der Waals surface area contributed by atoms with Crippen LogP contribution >= 0.6 is 0 Å². The van der Waals surface area contributed by atoms with E-state index in [1.165, 1.54) is 19.2 Å².